The number of allylic oxidation sites excluding steroid dienone is 1. The molecule has 0 radical (unpaired) electrons. The highest BCUT2D eigenvalue weighted by Gasteiger charge is 2.05. The van der Waals surface area contributed by atoms with Crippen LogP contribution in [0.2, 0.25) is 0 Å². The summed E-state index contributed by atoms with van der Waals surface area (Å²) in [7, 11) is 0. The van der Waals surface area contributed by atoms with Gasteiger partial charge in [0.15, 0.2) is 5.78 Å². The van der Waals surface area contributed by atoms with E-state index in [9.17, 15) is 4.79 Å². The lowest BCUT2D eigenvalue weighted by molar-refractivity contribution is 0.0995. The first-order chi connectivity index (χ1) is 7.13. The van der Waals surface area contributed by atoms with Gasteiger partial charge in [0, 0.05) is 12.0 Å². The van der Waals surface area contributed by atoms with Gasteiger partial charge in [-0.2, -0.15) is 0 Å². The van der Waals surface area contributed by atoms with Gasteiger partial charge in [-0.05, 0) is 26.0 Å². The normalized spacial score (nSPS) is 10.1. The minimum Gasteiger partial charge on any atom is -0.491 e. The Hall–Kier alpha value is -1.57. The van der Waals surface area contributed by atoms with E-state index in [4.69, 9.17) is 4.74 Å². The number of ketones is 1. The molecule has 80 valence electrons. The van der Waals surface area contributed by atoms with Gasteiger partial charge in [-0.3, -0.25) is 4.79 Å². The summed E-state index contributed by atoms with van der Waals surface area (Å²) in [6.45, 7) is 7.46. The lowest BCUT2D eigenvalue weighted by Gasteiger charge is -2.10. The fourth-order valence-electron chi connectivity index (χ4n) is 1.26. The molecule has 0 aliphatic carbocycles. The molecular weight excluding hydrogens is 188 g/mol. The van der Waals surface area contributed by atoms with Gasteiger partial charge in [-0.1, -0.05) is 18.2 Å². The van der Waals surface area contributed by atoms with Crippen molar-refractivity contribution >= 4 is 5.78 Å². The zero-order valence-electron chi connectivity index (χ0n) is 9.19. The van der Waals surface area contributed by atoms with Crippen LogP contribution in [0.5, 0.6) is 5.75 Å². The predicted molar refractivity (Wildman–Crippen MR) is 61.4 cm³/mol. The van der Waals surface area contributed by atoms with Crippen molar-refractivity contribution in [2.45, 2.75) is 26.4 Å². The number of rotatable bonds is 5. The van der Waals surface area contributed by atoms with Gasteiger partial charge in [0.2, 0.25) is 0 Å². The number of benzene rings is 1. The van der Waals surface area contributed by atoms with E-state index in [0.29, 0.717) is 12.0 Å². The van der Waals surface area contributed by atoms with Crippen molar-refractivity contribution in [2.75, 3.05) is 0 Å². The van der Waals surface area contributed by atoms with E-state index < -0.39 is 0 Å². The molecule has 0 N–H and O–H groups in total. The maximum atomic E-state index is 11.6. The average molecular weight is 204 g/mol. The van der Waals surface area contributed by atoms with Gasteiger partial charge in [0.05, 0.1) is 6.10 Å². The van der Waals surface area contributed by atoms with Crippen LogP contribution in [0.4, 0.5) is 0 Å². The second-order valence-electron chi connectivity index (χ2n) is 3.61. The molecule has 0 aliphatic rings. The smallest absolute Gasteiger partial charge is 0.166 e. The summed E-state index contributed by atoms with van der Waals surface area (Å²) in [5.74, 6) is 0.805. The van der Waals surface area contributed by atoms with Gasteiger partial charge in [-0.25, -0.2) is 0 Å². The molecule has 0 heterocycles. The molecule has 2 heteroatoms. The molecular formula is C13H16O2. The maximum Gasteiger partial charge on any atom is 0.166 e. The van der Waals surface area contributed by atoms with Crippen molar-refractivity contribution in [3.8, 4) is 5.75 Å². The Balaban J connectivity index is 2.82. The first kappa shape index (κ1) is 11.5. The monoisotopic (exact) mass is 204 g/mol. The summed E-state index contributed by atoms with van der Waals surface area (Å²) in [6.07, 6.45) is 2.10. The van der Waals surface area contributed by atoms with Crippen molar-refractivity contribution in [3.05, 3.63) is 42.5 Å². The summed E-state index contributed by atoms with van der Waals surface area (Å²) >= 11 is 0. The van der Waals surface area contributed by atoms with Crippen molar-refractivity contribution in [3.63, 3.8) is 0 Å². The third-order valence-electron chi connectivity index (χ3n) is 1.86. The third kappa shape index (κ3) is 3.58. The van der Waals surface area contributed by atoms with E-state index in [2.05, 4.69) is 6.58 Å². The Bertz CT molecular complexity index is 353. The molecule has 15 heavy (non-hydrogen) atoms. The highest BCUT2D eigenvalue weighted by atomic mass is 16.5. The van der Waals surface area contributed by atoms with Crippen LogP contribution in [0.25, 0.3) is 0 Å². The molecule has 1 rings (SSSR count). The zero-order valence-corrected chi connectivity index (χ0v) is 9.19. The number of hydrogen-bond acceptors (Lipinski definition) is 2. The lowest BCUT2D eigenvalue weighted by atomic mass is 10.1. The molecule has 0 aromatic heterocycles. The molecule has 0 spiro atoms. The summed E-state index contributed by atoms with van der Waals surface area (Å²) < 4.78 is 5.51. The van der Waals surface area contributed by atoms with E-state index in [1.165, 1.54) is 0 Å². The third-order valence-corrected chi connectivity index (χ3v) is 1.86. The van der Waals surface area contributed by atoms with E-state index in [1.54, 1.807) is 18.2 Å². The van der Waals surface area contributed by atoms with Crippen molar-refractivity contribution in [2.24, 2.45) is 0 Å². The Kier molecular flexibility index (Phi) is 4.10. The Labute approximate surface area is 90.6 Å². The zero-order chi connectivity index (χ0) is 11.3. The maximum absolute atomic E-state index is 11.6. The summed E-state index contributed by atoms with van der Waals surface area (Å²) in [5.41, 5.74) is 0.674. The van der Waals surface area contributed by atoms with Crippen LogP contribution in [0.15, 0.2) is 36.9 Å². The Morgan fingerprint density at radius 3 is 2.87 bits per heavy atom. The van der Waals surface area contributed by atoms with Crippen LogP contribution >= 0.6 is 0 Å². The molecule has 0 unspecified atom stereocenters. The highest BCUT2D eigenvalue weighted by molar-refractivity contribution is 5.97. The Morgan fingerprint density at radius 1 is 1.53 bits per heavy atom. The van der Waals surface area contributed by atoms with Gasteiger partial charge in [0.1, 0.15) is 5.75 Å². The fourth-order valence-corrected chi connectivity index (χ4v) is 1.26. The molecule has 0 atom stereocenters. The minimum absolute atomic E-state index is 0.0687. The van der Waals surface area contributed by atoms with Crippen molar-refractivity contribution < 1.29 is 9.53 Å². The SMILES string of the molecule is C=CCC(=O)c1cccc(OC(C)C)c1. The molecule has 2 nitrogen and oxygen atoms in total. The van der Waals surface area contributed by atoms with Crippen LogP contribution in [0.3, 0.4) is 0 Å². The lowest BCUT2D eigenvalue weighted by Crippen LogP contribution is -2.06. The van der Waals surface area contributed by atoms with Crippen LogP contribution in [0.1, 0.15) is 30.6 Å². The molecule has 1 aromatic rings. The number of Topliss-reactive ketones (excluding diaryl/α,β-unsaturated/α-hetero) is 1. The molecule has 0 amide bonds. The standard InChI is InChI=1S/C13H16O2/c1-4-6-13(14)11-7-5-8-12(9-11)15-10(2)3/h4-5,7-10H,1,6H2,2-3H3. The molecule has 0 fully saturated rings. The number of carbonyl (C=O) groups excluding carboxylic acids is 1. The van der Waals surface area contributed by atoms with Gasteiger partial charge in [-0.15, -0.1) is 6.58 Å². The number of ether oxygens (including phenoxy) is 1. The molecule has 0 saturated carbocycles. The van der Waals surface area contributed by atoms with E-state index >= 15 is 0 Å². The van der Waals surface area contributed by atoms with Gasteiger partial charge >= 0.3 is 0 Å². The van der Waals surface area contributed by atoms with E-state index in [1.807, 2.05) is 26.0 Å². The van der Waals surface area contributed by atoms with Crippen molar-refractivity contribution in [1.82, 2.24) is 0 Å². The Morgan fingerprint density at radius 2 is 2.27 bits per heavy atom. The van der Waals surface area contributed by atoms with Crippen LogP contribution in [-0.2, 0) is 0 Å². The van der Waals surface area contributed by atoms with E-state index in [0.717, 1.165) is 5.75 Å². The van der Waals surface area contributed by atoms with Gasteiger partial charge in [0.25, 0.3) is 0 Å². The molecule has 1 aromatic carbocycles. The van der Waals surface area contributed by atoms with E-state index in [-0.39, 0.29) is 11.9 Å². The first-order valence-electron chi connectivity index (χ1n) is 5.04. The topological polar surface area (TPSA) is 26.3 Å². The van der Waals surface area contributed by atoms with Crippen molar-refractivity contribution in [1.29, 1.82) is 0 Å². The molecule has 0 bridgehead atoms. The van der Waals surface area contributed by atoms with Gasteiger partial charge < -0.3 is 4.74 Å². The summed E-state index contributed by atoms with van der Waals surface area (Å²) in [6, 6.07) is 7.24. The molecule has 0 aliphatic heterocycles. The largest absolute Gasteiger partial charge is 0.491 e. The minimum atomic E-state index is 0.0687. The second-order valence-corrected chi connectivity index (χ2v) is 3.61. The fraction of sp³-hybridized carbons (Fsp3) is 0.308. The molecule has 0 saturated heterocycles. The summed E-state index contributed by atoms with van der Waals surface area (Å²) in [4.78, 5) is 11.6. The second kappa shape index (κ2) is 5.35. The summed E-state index contributed by atoms with van der Waals surface area (Å²) in [5, 5.41) is 0. The first-order valence-corrected chi connectivity index (χ1v) is 5.04. The van der Waals surface area contributed by atoms with Crippen LogP contribution in [-0.4, -0.2) is 11.9 Å². The number of hydrogen-bond donors (Lipinski definition) is 0. The van der Waals surface area contributed by atoms with Crippen LogP contribution < -0.4 is 4.74 Å². The van der Waals surface area contributed by atoms with Crippen LogP contribution in [0, 0.1) is 0 Å². The average Bonchev–Trinajstić information content (AvgIpc) is 2.17. The number of carbonyl (C=O) groups is 1. The highest BCUT2D eigenvalue weighted by Crippen LogP contribution is 2.16. The predicted octanol–water partition coefficient (Wildman–Crippen LogP) is 3.23. The quantitative estimate of drug-likeness (QED) is 0.543.